The number of benzene rings is 1. The van der Waals surface area contributed by atoms with Crippen LogP contribution < -0.4 is 5.73 Å². The Bertz CT molecular complexity index is 398. The summed E-state index contributed by atoms with van der Waals surface area (Å²) in [4.78, 5) is 13.9. The second-order valence-electron chi connectivity index (χ2n) is 3.94. The highest BCUT2D eigenvalue weighted by Crippen LogP contribution is 2.18. The average molecular weight is 369 g/mol. The maximum atomic E-state index is 12.2. The Morgan fingerprint density at radius 3 is 2.65 bits per heavy atom. The molecule has 0 aliphatic carbocycles. The molecular weight excluding hydrogens is 351 g/mol. The molecule has 1 aromatic rings. The van der Waals surface area contributed by atoms with Crippen LogP contribution in [0.2, 0.25) is 0 Å². The van der Waals surface area contributed by atoms with Crippen LogP contribution in [0.4, 0.5) is 0 Å². The summed E-state index contributed by atoms with van der Waals surface area (Å²) in [5.74, 6) is 0.0334. The van der Waals surface area contributed by atoms with Crippen molar-refractivity contribution < 1.29 is 4.79 Å². The fraction of sp³-hybridized carbons (Fsp3) is 0.417. The van der Waals surface area contributed by atoms with E-state index in [1.54, 1.807) is 11.9 Å². The third-order valence-corrected chi connectivity index (χ3v) is 4.18. The van der Waals surface area contributed by atoms with Crippen LogP contribution in [0.5, 0.6) is 0 Å². The number of hydrogen-bond acceptors (Lipinski definition) is 2. The smallest absolute Gasteiger partial charge is 0.254 e. The molecular formula is C12H18ClIN2O. The molecule has 0 heterocycles. The topological polar surface area (TPSA) is 46.3 Å². The van der Waals surface area contributed by atoms with Gasteiger partial charge in [0.1, 0.15) is 0 Å². The zero-order chi connectivity index (χ0) is 12.3. The summed E-state index contributed by atoms with van der Waals surface area (Å²) in [6.45, 7) is 4.43. The van der Waals surface area contributed by atoms with Gasteiger partial charge in [-0.15, -0.1) is 12.4 Å². The van der Waals surface area contributed by atoms with E-state index >= 15 is 0 Å². The quantitative estimate of drug-likeness (QED) is 0.833. The SMILES string of the molecule is Cc1cccc(C(=O)N(C)C(C)CN)c1I.Cl. The number of aryl methyl sites for hydroxylation is 1. The first kappa shape index (κ1) is 16.7. The van der Waals surface area contributed by atoms with E-state index in [2.05, 4.69) is 22.6 Å². The Balaban J connectivity index is 0.00000256. The van der Waals surface area contributed by atoms with Gasteiger partial charge in [-0.1, -0.05) is 12.1 Å². The van der Waals surface area contributed by atoms with E-state index in [4.69, 9.17) is 5.73 Å². The van der Waals surface area contributed by atoms with Crippen LogP contribution in [0, 0.1) is 10.5 Å². The fourth-order valence-corrected chi connectivity index (χ4v) is 1.95. The van der Waals surface area contributed by atoms with Crippen molar-refractivity contribution in [1.29, 1.82) is 0 Å². The van der Waals surface area contributed by atoms with Gasteiger partial charge in [-0.05, 0) is 48.1 Å². The van der Waals surface area contributed by atoms with E-state index in [-0.39, 0.29) is 24.4 Å². The largest absolute Gasteiger partial charge is 0.338 e. The highest BCUT2D eigenvalue weighted by atomic mass is 127. The van der Waals surface area contributed by atoms with Crippen molar-refractivity contribution in [2.75, 3.05) is 13.6 Å². The second kappa shape index (κ2) is 7.18. The summed E-state index contributed by atoms with van der Waals surface area (Å²) in [6.07, 6.45) is 0. The van der Waals surface area contributed by atoms with Crippen molar-refractivity contribution in [3.05, 3.63) is 32.9 Å². The van der Waals surface area contributed by atoms with Crippen molar-refractivity contribution in [3.63, 3.8) is 0 Å². The van der Waals surface area contributed by atoms with Crippen LogP contribution in [0.3, 0.4) is 0 Å². The molecule has 2 N–H and O–H groups in total. The number of hydrogen-bond donors (Lipinski definition) is 1. The summed E-state index contributed by atoms with van der Waals surface area (Å²) in [5, 5.41) is 0. The Morgan fingerprint density at radius 2 is 2.12 bits per heavy atom. The maximum absolute atomic E-state index is 12.2. The zero-order valence-electron chi connectivity index (χ0n) is 10.2. The highest BCUT2D eigenvalue weighted by molar-refractivity contribution is 14.1. The lowest BCUT2D eigenvalue weighted by Crippen LogP contribution is -2.40. The molecule has 0 saturated heterocycles. The lowest BCUT2D eigenvalue weighted by molar-refractivity contribution is 0.0747. The molecule has 0 spiro atoms. The normalized spacial score (nSPS) is 11.6. The number of nitrogens with zero attached hydrogens (tertiary/aromatic N) is 1. The standard InChI is InChI=1S/C12H17IN2O.ClH/c1-8-5-4-6-10(11(8)13)12(16)15(3)9(2)7-14;/h4-6,9H,7,14H2,1-3H3;1H. The molecule has 0 bridgehead atoms. The van der Waals surface area contributed by atoms with Gasteiger partial charge in [-0.25, -0.2) is 0 Å². The van der Waals surface area contributed by atoms with Gasteiger partial charge < -0.3 is 10.6 Å². The van der Waals surface area contributed by atoms with E-state index in [1.807, 2.05) is 32.0 Å². The number of likely N-dealkylation sites (N-methyl/N-ethyl adjacent to an activating group) is 1. The van der Waals surface area contributed by atoms with E-state index < -0.39 is 0 Å². The van der Waals surface area contributed by atoms with Crippen LogP contribution in [0.15, 0.2) is 18.2 Å². The molecule has 96 valence electrons. The van der Waals surface area contributed by atoms with Gasteiger partial charge in [-0.2, -0.15) is 0 Å². The molecule has 1 amide bonds. The first-order valence-corrected chi connectivity index (χ1v) is 6.29. The highest BCUT2D eigenvalue weighted by Gasteiger charge is 2.18. The molecule has 3 nitrogen and oxygen atoms in total. The summed E-state index contributed by atoms with van der Waals surface area (Å²) >= 11 is 2.21. The molecule has 0 fully saturated rings. The molecule has 1 atom stereocenters. The number of nitrogens with two attached hydrogens (primary N) is 1. The third-order valence-electron chi connectivity index (χ3n) is 2.74. The zero-order valence-corrected chi connectivity index (χ0v) is 13.2. The van der Waals surface area contributed by atoms with Crippen LogP contribution in [0.1, 0.15) is 22.8 Å². The van der Waals surface area contributed by atoms with Crippen molar-refractivity contribution in [2.45, 2.75) is 19.9 Å². The summed E-state index contributed by atoms with van der Waals surface area (Å²) in [6, 6.07) is 5.83. The lowest BCUT2D eigenvalue weighted by atomic mass is 10.1. The first-order chi connectivity index (χ1) is 7.49. The van der Waals surface area contributed by atoms with Gasteiger partial charge in [0, 0.05) is 23.2 Å². The van der Waals surface area contributed by atoms with Crippen molar-refractivity contribution >= 4 is 40.9 Å². The van der Waals surface area contributed by atoms with Gasteiger partial charge >= 0.3 is 0 Å². The minimum atomic E-state index is 0. The first-order valence-electron chi connectivity index (χ1n) is 5.21. The van der Waals surface area contributed by atoms with Crippen molar-refractivity contribution in [2.24, 2.45) is 5.73 Å². The minimum Gasteiger partial charge on any atom is -0.338 e. The Labute approximate surface area is 122 Å². The van der Waals surface area contributed by atoms with Crippen LogP contribution in [-0.2, 0) is 0 Å². The number of rotatable bonds is 3. The predicted octanol–water partition coefficient (Wildman–Crippen LogP) is 2.44. The van der Waals surface area contributed by atoms with Gasteiger partial charge in [0.25, 0.3) is 5.91 Å². The Morgan fingerprint density at radius 1 is 1.53 bits per heavy atom. The molecule has 0 radical (unpaired) electrons. The molecule has 0 aliphatic rings. The van der Waals surface area contributed by atoms with Gasteiger partial charge in [0.05, 0.1) is 5.56 Å². The molecule has 1 rings (SSSR count). The molecule has 1 aromatic carbocycles. The van der Waals surface area contributed by atoms with Gasteiger partial charge in [0.2, 0.25) is 0 Å². The van der Waals surface area contributed by atoms with E-state index in [1.165, 1.54) is 0 Å². The number of carbonyl (C=O) groups is 1. The van der Waals surface area contributed by atoms with Gasteiger partial charge in [-0.3, -0.25) is 4.79 Å². The van der Waals surface area contributed by atoms with E-state index in [0.29, 0.717) is 6.54 Å². The summed E-state index contributed by atoms with van der Waals surface area (Å²) in [5.41, 5.74) is 7.44. The molecule has 0 saturated carbocycles. The number of halogens is 2. The summed E-state index contributed by atoms with van der Waals surface area (Å²) in [7, 11) is 1.79. The number of amides is 1. The molecule has 17 heavy (non-hydrogen) atoms. The molecule has 5 heteroatoms. The average Bonchev–Trinajstić information content (AvgIpc) is 2.29. The molecule has 0 aliphatic heterocycles. The Kier molecular flexibility index (Phi) is 7.04. The lowest BCUT2D eigenvalue weighted by Gasteiger charge is -2.24. The maximum Gasteiger partial charge on any atom is 0.254 e. The molecule has 1 unspecified atom stereocenters. The van der Waals surface area contributed by atoms with Crippen molar-refractivity contribution in [3.8, 4) is 0 Å². The fourth-order valence-electron chi connectivity index (χ4n) is 1.36. The Hall–Kier alpha value is -0.330. The minimum absolute atomic E-state index is 0. The summed E-state index contributed by atoms with van der Waals surface area (Å²) < 4.78 is 1.01. The second-order valence-corrected chi connectivity index (χ2v) is 5.02. The van der Waals surface area contributed by atoms with Gasteiger partial charge in [0.15, 0.2) is 0 Å². The number of carbonyl (C=O) groups excluding carboxylic acids is 1. The molecule has 0 aromatic heterocycles. The third kappa shape index (κ3) is 3.82. The van der Waals surface area contributed by atoms with Crippen LogP contribution in [-0.4, -0.2) is 30.4 Å². The van der Waals surface area contributed by atoms with Crippen molar-refractivity contribution in [1.82, 2.24) is 4.90 Å². The van der Waals surface area contributed by atoms with E-state index in [9.17, 15) is 4.79 Å². The monoisotopic (exact) mass is 368 g/mol. The van der Waals surface area contributed by atoms with Crippen LogP contribution >= 0.6 is 35.0 Å². The van der Waals surface area contributed by atoms with E-state index in [0.717, 1.165) is 14.7 Å². The van der Waals surface area contributed by atoms with Crippen LogP contribution in [0.25, 0.3) is 0 Å². The predicted molar refractivity (Wildman–Crippen MR) is 81.8 cm³/mol.